The molecule has 0 amide bonds. The van der Waals surface area contributed by atoms with Crippen LogP contribution in [0, 0.1) is 6.92 Å². The van der Waals surface area contributed by atoms with Crippen LogP contribution in [-0.4, -0.2) is 92.9 Å². The molecular formula is C32H44N6O3S. The minimum atomic E-state index is -3.46. The fourth-order valence-corrected chi connectivity index (χ4v) is 7.01. The van der Waals surface area contributed by atoms with E-state index in [2.05, 4.69) is 50.2 Å². The molecule has 2 saturated heterocycles. The SMILES string of the molecule is COc1cc(N2CCC(N3CCN(C)CC3)CC2)ccc1Cc1ncc(C)c(Nc2ccccc2S(=O)(=O)C(C)C)n1. The van der Waals surface area contributed by atoms with Crippen molar-refractivity contribution >= 4 is 27.0 Å². The number of hydrogen-bond donors (Lipinski definition) is 1. The maximum Gasteiger partial charge on any atom is 0.182 e. The Kier molecular flexibility index (Phi) is 9.35. The first-order valence-electron chi connectivity index (χ1n) is 14.9. The summed E-state index contributed by atoms with van der Waals surface area (Å²) in [4.78, 5) is 17.2. The van der Waals surface area contributed by atoms with Crippen LogP contribution in [0.25, 0.3) is 0 Å². The van der Waals surface area contributed by atoms with Crippen molar-refractivity contribution in [2.45, 2.75) is 56.2 Å². The number of nitrogens with zero attached hydrogens (tertiary/aromatic N) is 5. The third-order valence-electron chi connectivity index (χ3n) is 8.59. The number of para-hydroxylation sites is 1. The second-order valence-electron chi connectivity index (χ2n) is 11.8. The molecule has 10 heteroatoms. The highest BCUT2D eigenvalue weighted by Crippen LogP contribution is 2.31. The number of piperidine rings is 1. The van der Waals surface area contributed by atoms with Gasteiger partial charge in [0.05, 0.1) is 22.9 Å². The number of likely N-dealkylation sites (N-methyl/N-ethyl adjacent to an activating group) is 1. The molecule has 3 aromatic rings. The van der Waals surface area contributed by atoms with Gasteiger partial charge in [-0.05, 0) is 58.9 Å². The van der Waals surface area contributed by atoms with Crippen LogP contribution in [0.1, 0.15) is 43.6 Å². The molecule has 2 aliphatic rings. The van der Waals surface area contributed by atoms with E-state index in [0.717, 1.165) is 43.1 Å². The van der Waals surface area contributed by atoms with Gasteiger partial charge in [0, 0.05) is 80.8 Å². The zero-order chi connectivity index (χ0) is 29.9. The van der Waals surface area contributed by atoms with Crippen molar-refractivity contribution in [3.8, 4) is 5.75 Å². The molecule has 3 heterocycles. The van der Waals surface area contributed by atoms with Crippen LogP contribution < -0.4 is 15.0 Å². The van der Waals surface area contributed by atoms with Gasteiger partial charge < -0.3 is 19.9 Å². The van der Waals surface area contributed by atoms with Crippen molar-refractivity contribution in [3.63, 3.8) is 0 Å². The molecule has 5 rings (SSSR count). The van der Waals surface area contributed by atoms with Crippen LogP contribution >= 0.6 is 0 Å². The molecule has 0 saturated carbocycles. The third-order valence-corrected chi connectivity index (χ3v) is 10.8. The van der Waals surface area contributed by atoms with E-state index in [9.17, 15) is 8.42 Å². The van der Waals surface area contributed by atoms with Gasteiger partial charge in [0.2, 0.25) is 0 Å². The summed E-state index contributed by atoms with van der Waals surface area (Å²) in [5.74, 6) is 2.04. The Morgan fingerprint density at radius 3 is 2.43 bits per heavy atom. The maximum absolute atomic E-state index is 13.0. The number of hydrogen-bond acceptors (Lipinski definition) is 9. The Balaban J connectivity index is 1.28. The fraction of sp³-hybridized carbons (Fsp3) is 0.500. The molecule has 2 fully saturated rings. The lowest BCUT2D eigenvalue weighted by molar-refractivity contribution is 0.0982. The highest BCUT2D eigenvalue weighted by molar-refractivity contribution is 7.92. The lowest BCUT2D eigenvalue weighted by Gasteiger charge is -2.42. The van der Waals surface area contributed by atoms with Gasteiger partial charge in [0.1, 0.15) is 17.4 Å². The van der Waals surface area contributed by atoms with Crippen molar-refractivity contribution in [1.82, 2.24) is 19.8 Å². The molecule has 0 spiro atoms. The Morgan fingerprint density at radius 1 is 1.02 bits per heavy atom. The van der Waals surface area contributed by atoms with Gasteiger partial charge in [-0.1, -0.05) is 18.2 Å². The van der Waals surface area contributed by atoms with Crippen LogP contribution in [0.3, 0.4) is 0 Å². The molecule has 0 bridgehead atoms. The monoisotopic (exact) mass is 592 g/mol. The maximum atomic E-state index is 13.0. The largest absolute Gasteiger partial charge is 0.496 e. The Morgan fingerprint density at radius 2 is 1.74 bits per heavy atom. The van der Waals surface area contributed by atoms with Crippen LogP contribution in [-0.2, 0) is 16.3 Å². The van der Waals surface area contributed by atoms with Crippen LogP contribution in [0.15, 0.2) is 53.6 Å². The van der Waals surface area contributed by atoms with E-state index in [-0.39, 0.29) is 4.90 Å². The zero-order valence-electron chi connectivity index (χ0n) is 25.5. The predicted molar refractivity (Wildman–Crippen MR) is 169 cm³/mol. The lowest BCUT2D eigenvalue weighted by Crippen LogP contribution is -2.52. The van der Waals surface area contributed by atoms with E-state index in [0.29, 0.717) is 29.8 Å². The van der Waals surface area contributed by atoms with Crippen LogP contribution in [0.4, 0.5) is 17.2 Å². The van der Waals surface area contributed by atoms with E-state index >= 15 is 0 Å². The first-order valence-corrected chi connectivity index (χ1v) is 16.5. The molecule has 2 aromatic carbocycles. The van der Waals surface area contributed by atoms with Gasteiger partial charge in [0.15, 0.2) is 9.84 Å². The van der Waals surface area contributed by atoms with E-state index in [1.807, 2.05) is 13.0 Å². The Hall–Kier alpha value is -3.21. The normalized spacial score (nSPS) is 17.5. The van der Waals surface area contributed by atoms with Crippen molar-refractivity contribution in [1.29, 1.82) is 0 Å². The highest BCUT2D eigenvalue weighted by Gasteiger charge is 2.27. The van der Waals surface area contributed by atoms with Gasteiger partial charge in [-0.3, -0.25) is 4.90 Å². The van der Waals surface area contributed by atoms with Crippen molar-refractivity contribution in [2.24, 2.45) is 0 Å². The third kappa shape index (κ3) is 6.71. The van der Waals surface area contributed by atoms with Gasteiger partial charge in [0.25, 0.3) is 0 Å². The second-order valence-corrected chi connectivity index (χ2v) is 14.2. The highest BCUT2D eigenvalue weighted by atomic mass is 32.2. The number of rotatable bonds is 9. The number of aromatic nitrogens is 2. The van der Waals surface area contributed by atoms with E-state index in [4.69, 9.17) is 9.72 Å². The summed E-state index contributed by atoms with van der Waals surface area (Å²) in [5, 5.41) is 2.74. The minimum Gasteiger partial charge on any atom is -0.496 e. The summed E-state index contributed by atoms with van der Waals surface area (Å²) in [5.41, 5.74) is 3.53. The summed E-state index contributed by atoms with van der Waals surface area (Å²) >= 11 is 0. The first kappa shape index (κ1) is 30.3. The molecule has 1 aromatic heterocycles. The zero-order valence-corrected chi connectivity index (χ0v) is 26.3. The Bertz CT molecular complexity index is 1480. The number of sulfone groups is 1. The molecular weight excluding hydrogens is 548 g/mol. The topological polar surface area (TPSA) is 90.9 Å². The van der Waals surface area contributed by atoms with Gasteiger partial charge >= 0.3 is 0 Å². The van der Waals surface area contributed by atoms with Gasteiger partial charge in [-0.15, -0.1) is 0 Å². The average Bonchev–Trinajstić information content (AvgIpc) is 2.99. The van der Waals surface area contributed by atoms with Crippen LogP contribution in [0.5, 0.6) is 5.75 Å². The van der Waals surface area contributed by atoms with E-state index in [1.54, 1.807) is 45.4 Å². The number of anilines is 3. The standard InChI is InChI=1S/C32H44N6O3S/c1-23(2)42(39,40)30-9-7-6-8-28(30)34-32-24(3)22-33-31(35-32)20-25-10-11-27(21-29(25)41-5)37-14-12-26(13-15-37)38-18-16-36(4)17-19-38/h6-11,21-23,26H,12-20H2,1-5H3,(H,33,34,35). The summed E-state index contributed by atoms with van der Waals surface area (Å²) in [6.07, 6.45) is 4.64. The van der Waals surface area contributed by atoms with Crippen LogP contribution in [0.2, 0.25) is 0 Å². The molecule has 0 radical (unpaired) electrons. The summed E-state index contributed by atoms with van der Waals surface area (Å²) in [6, 6.07) is 14.1. The first-order chi connectivity index (χ1) is 20.2. The number of benzene rings is 2. The fourth-order valence-electron chi connectivity index (χ4n) is 5.81. The summed E-state index contributed by atoms with van der Waals surface area (Å²) in [7, 11) is 0.451. The minimum absolute atomic E-state index is 0.268. The molecule has 0 unspecified atom stereocenters. The number of ether oxygens (including phenoxy) is 1. The van der Waals surface area contributed by atoms with Crippen molar-refractivity contribution in [2.75, 3.05) is 63.6 Å². The molecule has 226 valence electrons. The number of aryl methyl sites for hydroxylation is 1. The molecule has 1 N–H and O–H groups in total. The molecule has 9 nitrogen and oxygen atoms in total. The number of methoxy groups -OCH3 is 1. The second kappa shape index (κ2) is 13.0. The number of nitrogens with one attached hydrogen (secondary N) is 1. The van der Waals surface area contributed by atoms with Gasteiger partial charge in [-0.2, -0.15) is 0 Å². The average molecular weight is 593 g/mol. The smallest absolute Gasteiger partial charge is 0.182 e. The van der Waals surface area contributed by atoms with E-state index in [1.165, 1.54) is 31.6 Å². The molecule has 2 aliphatic heterocycles. The quantitative estimate of drug-likeness (QED) is 0.385. The number of piperazine rings is 1. The molecule has 42 heavy (non-hydrogen) atoms. The molecule has 0 atom stereocenters. The predicted octanol–water partition coefficient (Wildman–Crippen LogP) is 4.53. The summed E-state index contributed by atoms with van der Waals surface area (Å²) < 4.78 is 31.7. The lowest BCUT2D eigenvalue weighted by atomic mass is 10.0. The van der Waals surface area contributed by atoms with Crippen molar-refractivity contribution in [3.05, 3.63) is 65.6 Å². The summed E-state index contributed by atoms with van der Waals surface area (Å²) in [6.45, 7) is 12.0. The van der Waals surface area contributed by atoms with E-state index < -0.39 is 15.1 Å². The van der Waals surface area contributed by atoms with Gasteiger partial charge in [-0.25, -0.2) is 18.4 Å². The molecule has 0 aliphatic carbocycles. The van der Waals surface area contributed by atoms with Crippen molar-refractivity contribution < 1.29 is 13.2 Å². The Labute approximate surface area is 250 Å².